The van der Waals surface area contributed by atoms with Crippen LogP contribution in [0.2, 0.25) is 0 Å². The first-order valence-electron chi connectivity index (χ1n) is 9.03. The summed E-state index contributed by atoms with van der Waals surface area (Å²) in [5.41, 5.74) is 1.37. The maximum Gasteiger partial charge on any atom is 0.338 e. The quantitative estimate of drug-likeness (QED) is 0.415. The summed E-state index contributed by atoms with van der Waals surface area (Å²) in [7, 11) is 1.52. The number of esters is 1. The molecule has 0 heterocycles. The van der Waals surface area contributed by atoms with E-state index in [4.69, 9.17) is 14.2 Å². The second-order valence-electron chi connectivity index (χ2n) is 5.77. The first-order chi connectivity index (χ1) is 14.0. The first-order valence-corrected chi connectivity index (χ1v) is 9.03. The van der Waals surface area contributed by atoms with Crippen molar-refractivity contribution >= 4 is 23.6 Å². The molecule has 150 valence electrons. The van der Waals surface area contributed by atoms with Crippen LogP contribution in [0.5, 0.6) is 11.5 Å². The standard InChI is InChI=1S/C22H22N2O5/c1-4-28-19-11-6-15(13-20(19)27-3)12-17(14-23)21(25)24-18-9-7-16(8-10-18)22(26)29-5-2/h6-13H,4-5H2,1-3H3,(H,24,25)/b17-12+. The Bertz CT molecular complexity index is 943. The van der Waals surface area contributed by atoms with Crippen molar-refractivity contribution in [2.75, 3.05) is 25.6 Å². The van der Waals surface area contributed by atoms with E-state index < -0.39 is 11.9 Å². The van der Waals surface area contributed by atoms with Gasteiger partial charge < -0.3 is 19.5 Å². The fourth-order valence-corrected chi connectivity index (χ4v) is 2.47. The van der Waals surface area contributed by atoms with Crippen molar-refractivity contribution in [3.05, 3.63) is 59.2 Å². The van der Waals surface area contributed by atoms with Gasteiger partial charge in [0.1, 0.15) is 11.6 Å². The summed E-state index contributed by atoms with van der Waals surface area (Å²) >= 11 is 0. The third-order valence-corrected chi connectivity index (χ3v) is 3.82. The molecule has 0 atom stereocenters. The molecule has 1 N–H and O–H groups in total. The van der Waals surface area contributed by atoms with E-state index >= 15 is 0 Å². The second kappa shape index (κ2) is 10.5. The van der Waals surface area contributed by atoms with Gasteiger partial charge >= 0.3 is 5.97 Å². The predicted octanol–water partition coefficient (Wildman–Crippen LogP) is 3.82. The molecular formula is C22H22N2O5. The molecule has 0 aliphatic rings. The van der Waals surface area contributed by atoms with Gasteiger partial charge in [0.2, 0.25) is 0 Å². The number of anilines is 1. The molecule has 2 aromatic rings. The van der Waals surface area contributed by atoms with Crippen LogP contribution in [0.4, 0.5) is 5.69 Å². The normalized spacial score (nSPS) is 10.6. The Morgan fingerprint density at radius 2 is 1.79 bits per heavy atom. The van der Waals surface area contributed by atoms with Gasteiger partial charge in [0.05, 0.1) is 25.9 Å². The molecule has 2 rings (SSSR count). The third-order valence-electron chi connectivity index (χ3n) is 3.82. The monoisotopic (exact) mass is 394 g/mol. The highest BCUT2D eigenvalue weighted by atomic mass is 16.5. The van der Waals surface area contributed by atoms with Crippen LogP contribution in [0, 0.1) is 11.3 Å². The van der Waals surface area contributed by atoms with Gasteiger partial charge in [-0.3, -0.25) is 4.79 Å². The largest absolute Gasteiger partial charge is 0.493 e. The van der Waals surface area contributed by atoms with Crippen LogP contribution in [0.25, 0.3) is 6.08 Å². The number of nitrogens with one attached hydrogen (secondary N) is 1. The van der Waals surface area contributed by atoms with E-state index in [1.165, 1.54) is 13.2 Å². The number of carbonyl (C=O) groups excluding carboxylic acids is 2. The van der Waals surface area contributed by atoms with E-state index in [1.54, 1.807) is 49.4 Å². The number of rotatable bonds is 8. The number of ether oxygens (including phenoxy) is 3. The molecule has 0 radical (unpaired) electrons. The van der Waals surface area contributed by atoms with Crippen molar-refractivity contribution in [3.63, 3.8) is 0 Å². The Labute approximate surface area is 169 Å². The molecule has 0 fully saturated rings. The number of methoxy groups -OCH3 is 1. The Hall–Kier alpha value is -3.79. The molecule has 0 bridgehead atoms. The van der Waals surface area contributed by atoms with Crippen LogP contribution in [0.3, 0.4) is 0 Å². The molecule has 0 spiro atoms. The number of benzene rings is 2. The second-order valence-corrected chi connectivity index (χ2v) is 5.77. The highest BCUT2D eigenvalue weighted by molar-refractivity contribution is 6.09. The Balaban J connectivity index is 2.16. The van der Waals surface area contributed by atoms with Crippen molar-refractivity contribution < 1.29 is 23.8 Å². The fourth-order valence-electron chi connectivity index (χ4n) is 2.47. The van der Waals surface area contributed by atoms with E-state index in [0.717, 1.165) is 0 Å². The number of nitrogens with zero attached hydrogens (tertiary/aromatic N) is 1. The van der Waals surface area contributed by atoms with Gasteiger partial charge in [-0.25, -0.2) is 4.79 Å². The molecule has 0 unspecified atom stereocenters. The molecule has 2 aromatic carbocycles. The number of hydrogen-bond donors (Lipinski definition) is 1. The smallest absolute Gasteiger partial charge is 0.338 e. The van der Waals surface area contributed by atoms with Crippen LogP contribution >= 0.6 is 0 Å². The van der Waals surface area contributed by atoms with Crippen molar-refractivity contribution in [2.45, 2.75) is 13.8 Å². The molecular weight excluding hydrogens is 372 g/mol. The Morgan fingerprint density at radius 3 is 2.38 bits per heavy atom. The highest BCUT2D eigenvalue weighted by Crippen LogP contribution is 2.29. The molecule has 0 aliphatic carbocycles. The summed E-state index contributed by atoms with van der Waals surface area (Å²) in [4.78, 5) is 24.1. The molecule has 7 nitrogen and oxygen atoms in total. The lowest BCUT2D eigenvalue weighted by Crippen LogP contribution is -2.13. The average Bonchev–Trinajstić information content (AvgIpc) is 2.73. The van der Waals surface area contributed by atoms with Crippen LogP contribution in [-0.2, 0) is 9.53 Å². The third kappa shape index (κ3) is 5.84. The number of nitriles is 1. The summed E-state index contributed by atoms with van der Waals surface area (Å²) in [5.74, 6) is 0.0846. The van der Waals surface area contributed by atoms with Gasteiger partial charge in [0, 0.05) is 5.69 Å². The zero-order valence-electron chi connectivity index (χ0n) is 16.5. The maximum atomic E-state index is 12.4. The van der Waals surface area contributed by atoms with E-state index in [0.29, 0.717) is 34.9 Å². The predicted molar refractivity (Wildman–Crippen MR) is 109 cm³/mol. The molecule has 1 amide bonds. The van der Waals surface area contributed by atoms with Gasteiger partial charge in [0.25, 0.3) is 5.91 Å². The highest BCUT2D eigenvalue weighted by Gasteiger charge is 2.12. The lowest BCUT2D eigenvalue weighted by atomic mass is 10.1. The minimum Gasteiger partial charge on any atom is -0.493 e. The fraction of sp³-hybridized carbons (Fsp3) is 0.227. The van der Waals surface area contributed by atoms with E-state index in [9.17, 15) is 14.9 Å². The Morgan fingerprint density at radius 1 is 1.07 bits per heavy atom. The molecule has 0 aliphatic heterocycles. The van der Waals surface area contributed by atoms with Crippen LogP contribution in [0.15, 0.2) is 48.0 Å². The number of amides is 1. The van der Waals surface area contributed by atoms with Gasteiger partial charge in [-0.05, 0) is 61.9 Å². The molecule has 0 saturated carbocycles. The molecule has 29 heavy (non-hydrogen) atoms. The zero-order chi connectivity index (χ0) is 21.2. The van der Waals surface area contributed by atoms with Gasteiger partial charge in [-0.15, -0.1) is 0 Å². The molecule has 0 aromatic heterocycles. The van der Waals surface area contributed by atoms with Gasteiger partial charge in [-0.1, -0.05) is 6.07 Å². The zero-order valence-corrected chi connectivity index (χ0v) is 16.5. The minimum absolute atomic E-state index is 0.0781. The summed E-state index contributed by atoms with van der Waals surface area (Å²) in [6, 6.07) is 13.2. The SMILES string of the molecule is CCOC(=O)c1ccc(NC(=O)/C(C#N)=C/c2ccc(OCC)c(OC)c2)cc1. The lowest BCUT2D eigenvalue weighted by molar-refractivity contribution is -0.112. The van der Waals surface area contributed by atoms with Gasteiger partial charge in [0.15, 0.2) is 11.5 Å². The maximum absolute atomic E-state index is 12.4. The number of hydrogen-bond acceptors (Lipinski definition) is 6. The average molecular weight is 394 g/mol. The molecule has 0 saturated heterocycles. The topological polar surface area (TPSA) is 97.7 Å². The van der Waals surface area contributed by atoms with Crippen molar-refractivity contribution in [3.8, 4) is 17.6 Å². The van der Waals surface area contributed by atoms with Crippen molar-refractivity contribution in [1.82, 2.24) is 0 Å². The van der Waals surface area contributed by atoms with Crippen LogP contribution in [0.1, 0.15) is 29.8 Å². The first kappa shape index (κ1) is 21.5. The molecule has 7 heteroatoms. The summed E-state index contributed by atoms with van der Waals surface area (Å²) in [6.45, 7) is 4.36. The summed E-state index contributed by atoms with van der Waals surface area (Å²) in [5, 5.41) is 12.0. The van der Waals surface area contributed by atoms with Crippen molar-refractivity contribution in [1.29, 1.82) is 5.26 Å². The van der Waals surface area contributed by atoms with Crippen molar-refractivity contribution in [2.24, 2.45) is 0 Å². The van der Waals surface area contributed by atoms with E-state index in [1.807, 2.05) is 13.0 Å². The number of carbonyl (C=O) groups is 2. The minimum atomic E-state index is -0.566. The summed E-state index contributed by atoms with van der Waals surface area (Å²) in [6.07, 6.45) is 1.46. The lowest BCUT2D eigenvalue weighted by Gasteiger charge is -2.10. The van der Waals surface area contributed by atoms with E-state index in [2.05, 4.69) is 5.32 Å². The summed E-state index contributed by atoms with van der Waals surface area (Å²) < 4.78 is 15.7. The van der Waals surface area contributed by atoms with Crippen LogP contribution < -0.4 is 14.8 Å². The Kier molecular flexibility index (Phi) is 7.80. The van der Waals surface area contributed by atoms with Gasteiger partial charge in [-0.2, -0.15) is 5.26 Å². The van der Waals surface area contributed by atoms with E-state index in [-0.39, 0.29) is 12.2 Å². The van der Waals surface area contributed by atoms with Crippen LogP contribution in [-0.4, -0.2) is 32.2 Å².